The molecule has 0 aliphatic heterocycles. The first-order valence-corrected chi connectivity index (χ1v) is 8.43. The minimum absolute atomic E-state index is 0.175. The highest BCUT2D eigenvalue weighted by Gasteiger charge is 2.23. The molecule has 7 nitrogen and oxygen atoms in total. The van der Waals surface area contributed by atoms with Crippen LogP contribution in [0.1, 0.15) is 12.2 Å². The van der Waals surface area contributed by atoms with Gasteiger partial charge in [0.1, 0.15) is 10.7 Å². The van der Waals surface area contributed by atoms with Crippen molar-refractivity contribution >= 4 is 21.6 Å². The lowest BCUT2D eigenvalue weighted by atomic mass is 10.5. The molecule has 9 heteroatoms. The number of imidazole rings is 1. The molecule has 0 bridgehead atoms. The summed E-state index contributed by atoms with van der Waals surface area (Å²) in [5, 5.41) is 4.05. The van der Waals surface area contributed by atoms with E-state index in [1.807, 2.05) is 7.05 Å². The highest BCUT2D eigenvalue weighted by Crippen LogP contribution is 2.15. The van der Waals surface area contributed by atoms with Gasteiger partial charge in [0.2, 0.25) is 10.0 Å². The Bertz CT molecular complexity index is 694. The van der Waals surface area contributed by atoms with Crippen molar-refractivity contribution in [2.45, 2.75) is 24.4 Å². The maximum Gasteiger partial charge on any atom is 0.246 e. The van der Waals surface area contributed by atoms with E-state index < -0.39 is 10.0 Å². The molecule has 0 aliphatic carbocycles. The number of hydrogen-bond acceptors (Lipinski definition) is 4. The van der Waals surface area contributed by atoms with Crippen molar-refractivity contribution < 1.29 is 8.42 Å². The second-order valence-corrected chi connectivity index (χ2v) is 7.12. The molecule has 2 heterocycles. The van der Waals surface area contributed by atoms with Gasteiger partial charge in [-0.3, -0.25) is 4.68 Å². The summed E-state index contributed by atoms with van der Waals surface area (Å²) >= 11 is 5.62. The van der Waals surface area contributed by atoms with Crippen LogP contribution in [0.25, 0.3) is 0 Å². The van der Waals surface area contributed by atoms with Crippen molar-refractivity contribution in [3.63, 3.8) is 0 Å². The lowest BCUT2D eigenvalue weighted by molar-refractivity contribution is 0.451. The van der Waals surface area contributed by atoms with Crippen LogP contribution in [0.4, 0.5) is 0 Å². The molecule has 0 radical (unpaired) electrons. The van der Waals surface area contributed by atoms with Crippen LogP contribution in [0.2, 0.25) is 0 Å². The van der Waals surface area contributed by atoms with Gasteiger partial charge < -0.3 is 4.57 Å². The van der Waals surface area contributed by atoms with Gasteiger partial charge in [0.25, 0.3) is 0 Å². The third-order valence-corrected chi connectivity index (χ3v) is 5.15. The zero-order chi connectivity index (χ0) is 15.5. The Morgan fingerprint density at radius 2 is 2.19 bits per heavy atom. The zero-order valence-electron chi connectivity index (χ0n) is 12.0. The second kappa shape index (κ2) is 6.59. The molecule has 116 valence electrons. The van der Waals surface area contributed by atoms with Crippen LogP contribution >= 0.6 is 11.6 Å². The number of sulfonamides is 1. The Labute approximate surface area is 129 Å². The van der Waals surface area contributed by atoms with Gasteiger partial charge in [0, 0.05) is 45.1 Å². The fourth-order valence-corrected chi connectivity index (χ4v) is 3.03. The first-order chi connectivity index (χ1) is 9.95. The van der Waals surface area contributed by atoms with Crippen LogP contribution in [0.5, 0.6) is 0 Å². The minimum atomic E-state index is -3.57. The normalized spacial score (nSPS) is 12.2. The monoisotopic (exact) mass is 331 g/mol. The largest absolute Gasteiger partial charge is 0.337 e. The van der Waals surface area contributed by atoms with E-state index in [2.05, 4.69) is 10.1 Å². The van der Waals surface area contributed by atoms with Gasteiger partial charge in [-0.25, -0.2) is 13.4 Å². The van der Waals surface area contributed by atoms with Gasteiger partial charge >= 0.3 is 0 Å². The van der Waals surface area contributed by atoms with Crippen molar-refractivity contribution in [1.82, 2.24) is 23.6 Å². The summed E-state index contributed by atoms with van der Waals surface area (Å²) in [4.78, 5) is 4.30. The number of alkyl halides is 1. The van der Waals surface area contributed by atoms with Gasteiger partial charge in [0.15, 0.2) is 0 Å². The third kappa shape index (κ3) is 3.63. The van der Waals surface area contributed by atoms with Crippen LogP contribution in [0.15, 0.2) is 29.7 Å². The summed E-state index contributed by atoms with van der Waals surface area (Å²) < 4.78 is 29.6. The van der Waals surface area contributed by atoms with E-state index in [1.54, 1.807) is 21.6 Å². The lowest BCUT2D eigenvalue weighted by Gasteiger charge is -2.15. The smallest absolute Gasteiger partial charge is 0.246 e. The number of rotatable bonds is 7. The van der Waals surface area contributed by atoms with Crippen LogP contribution < -0.4 is 0 Å². The van der Waals surface area contributed by atoms with Crippen molar-refractivity contribution in [3.8, 4) is 0 Å². The van der Waals surface area contributed by atoms with Gasteiger partial charge in [-0.15, -0.1) is 11.6 Å². The molecule has 0 aliphatic rings. The first-order valence-electron chi connectivity index (χ1n) is 6.46. The number of aryl methyl sites for hydroxylation is 2. The van der Waals surface area contributed by atoms with Crippen LogP contribution in [-0.2, 0) is 30.2 Å². The van der Waals surface area contributed by atoms with E-state index in [4.69, 9.17) is 11.6 Å². The summed E-state index contributed by atoms with van der Waals surface area (Å²) in [5.74, 6) is 1.19. The molecule has 0 saturated carbocycles. The van der Waals surface area contributed by atoms with Crippen LogP contribution in [0, 0.1) is 0 Å². The van der Waals surface area contributed by atoms with Gasteiger partial charge in [-0.05, 0) is 6.42 Å². The van der Waals surface area contributed by atoms with E-state index in [1.165, 1.54) is 23.7 Å². The molecule has 0 aromatic carbocycles. The van der Waals surface area contributed by atoms with E-state index in [9.17, 15) is 8.42 Å². The Morgan fingerprint density at radius 3 is 2.81 bits per heavy atom. The maximum atomic E-state index is 12.5. The molecule has 0 saturated heterocycles. The molecule has 0 fully saturated rings. The average molecular weight is 332 g/mol. The first kappa shape index (κ1) is 16.0. The fourth-order valence-electron chi connectivity index (χ4n) is 1.83. The number of nitrogens with zero attached hydrogens (tertiary/aromatic N) is 5. The number of hydrogen-bond donors (Lipinski definition) is 0. The maximum absolute atomic E-state index is 12.5. The highest BCUT2D eigenvalue weighted by molar-refractivity contribution is 7.89. The van der Waals surface area contributed by atoms with Gasteiger partial charge in [0.05, 0.1) is 12.7 Å². The topological polar surface area (TPSA) is 73.0 Å². The molecule has 2 aromatic rings. The predicted molar refractivity (Wildman–Crippen MR) is 79.4 cm³/mol. The SMILES string of the molecule is CN(Cc1nccn1C)S(=O)(=O)c1cnn(CCCCl)c1. The van der Waals surface area contributed by atoms with Crippen LogP contribution in [0.3, 0.4) is 0 Å². The van der Waals surface area contributed by atoms with Crippen molar-refractivity contribution in [3.05, 3.63) is 30.6 Å². The van der Waals surface area contributed by atoms with Crippen molar-refractivity contribution in [2.75, 3.05) is 12.9 Å². The molecule has 2 rings (SSSR count). The summed E-state index contributed by atoms with van der Waals surface area (Å²) in [6.45, 7) is 0.806. The minimum Gasteiger partial charge on any atom is -0.337 e. The molecular formula is C12H18ClN5O2S. The Hall–Kier alpha value is -1.38. The quantitative estimate of drug-likeness (QED) is 0.711. The van der Waals surface area contributed by atoms with Crippen molar-refractivity contribution in [2.24, 2.45) is 7.05 Å². The summed E-state index contributed by atoms with van der Waals surface area (Å²) in [6, 6.07) is 0. The highest BCUT2D eigenvalue weighted by atomic mass is 35.5. The van der Waals surface area contributed by atoms with Gasteiger partial charge in [-0.1, -0.05) is 0 Å². The molecular weight excluding hydrogens is 314 g/mol. The molecule has 0 N–H and O–H groups in total. The second-order valence-electron chi connectivity index (χ2n) is 4.70. The zero-order valence-corrected chi connectivity index (χ0v) is 13.5. The molecule has 0 amide bonds. The lowest BCUT2D eigenvalue weighted by Crippen LogP contribution is -2.27. The van der Waals surface area contributed by atoms with E-state index in [-0.39, 0.29) is 11.4 Å². The third-order valence-electron chi connectivity index (χ3n) is 3.12. The summed E-state index contributed by atoms with van der Waals surface area (Å²) in [7, 11) is -0.218. The molecule has 0 unspecified atom stereocenters. The van der Waals surface area contributed by atoms with E-state index in [0.717, 1.165) is 6.42 Å². The van der Waals surface area contributed by atoms with Gasteiger partial charge in [-0.2, -0.15) is 9.40 Å². The Balaban J connectivity index is 2.13. The summed E-state index contributed by atoms with van der Waals surface area (Å²) in [6.07, 6.45) is 7.04. The molecule has 2 aromatic heterocycles. The van der Waals surface area contributed by atoms with Crippen molar-refractivity contribution in [1.29, 1.82) is 0 Å². The standard InChI is InChI=1S/C12H18ClN5O2S/c1-16-7-5-14-12(16)10-17(2)21(19,20)11-8-15-18(9-11)6-3-4-13/h5,7-9H,3-4,6,10H2,1-2H3. The summed E-state index contributed by atoms with van der Waals surface area (Å²) in [5.41, 5.74) is 0. The Kier molecular flexibility index (Phi) is 5.02. The van der Waals surface area contributed by atoms with E-state index in [0.29, 0.717) is 18.2 Å². The molecule has 0 atom stereocenters. The Morgan fingerprint density at radius 1 is 1.43 bits per heavy atom. The number of aromatic nitrogens is 4. The number of halogens is 1. The molecule has 21 heavy (non-hydrogen) atoms. The van der Waals surface area contributed by atoms with E-state index >= 15 is 0 Å². The predicted octanol–water partition coefficient (Wildman–Crippen LogP) is 1.07. The fraction of sp³-hybridized carbons (Fsp3) is 0.500. The molecule has 0 spiro atoms. The average Bonchev–Trinajstić information content (AvgIpc) is 3.06. The van der Waals surface area contributed by atoms with Crippen LogP contribution in [-0.4, -0.2) is 45.0 Å².